The molecule has 0 bridgehead atoms. The molecule has 0 rings (SSSR count). The normalized spacial score (nSPS) is 12.1. The van der Waals surface area contributed by atoms with Crippen LogP contribution in [0.2, 0.25) is 0 Å². The Hall–Kier alpha value is -2.20. The van der Waals surface area contributed by atoms with Gasteiger partial charge in [-0.15, -0.1) is 5.10 Å². The summed E-state index contributed by atoms with van der Waals surface area (Å²) in [5, 5.41) is 6.74. The van der Waals surface area contributed by atoms with E-state index in [0.717, 1.165) is 51.4 Å². The van der Waals surface area contributed by atoms with E-state index in [9.17, 15) is 14.4 Å². The van der Waals surface area contributed by atoms with Gasteiger partial charge in [-0.1, -0.05) is 142 Å². The summed E-state index contributed by atoms with van der Waals surface area (Å²) in [4.78, 5) is 40.2. The number of hydrazone groups is 1. The SMILES string of the molecule is CCCCCCCCCCCCCC(=O)[N+](C)(CCNC(=O)[C@H](CCCCN)NN=C(N)N)C(=O)CCCCCCCCCCCCC. The van der Waals surface area contributed by atoms with Gasteiger partial charge in [0.05, 0.1) is 26.4 Å². The molecule has 10 heteroatoms. The fourth-order valence-corrected chi connectivity index (χ4v) is 6.19. The Morgan fingerprint density at radius 2 is 1.00 bits per heavy atom. The molecule has 0 aliphatic rings. The van der Waals surface area contributed by atoms with Crippen molar-refractivity contribution < 1.29 is 18.9 Å². The summed E-state index contributed by atoms with van der Waals surface area (Å²) in [5.74, 6) is -0.520. The van der Waals surface area contributed by atoms with Crippen LogP contribution in [-0.2, 0) is 14.4 Å². The van der Waals surface area contributed by atoms with Crippen LogP contribution in [0.5, 0.6) is 0 Å². The second-order valence-corrected chi connectivity index (χ2v) is 14.1. The smallest absolute Gasteiger partial charge is 0.320 e. The molecule has 0 radical (unpaired) electrons. The Balaban J connectivity index is 4.92. The van der Waals surface area contributed by atoms with Crippen LogP contribution >= 0.6 is 0 Å². The van der Waals surface area contributed by atoms with Crippen LogP contribution in [-0.4, -0.2) is 60.9 Å². The number of likely N-dealkylation sites (N-methyl/N-ethyl adjacent to an activating group) is 1. The van der Waals surface area contributed by atoms with Gasteiger partial charge >= 0.3 is 11.8 Å². The second kappa shape index (κ2) is 32.0. The number of unbranched alkanes of at least 4 members (excludes halogenated alkanes) is 21. The number of quaternary nitrogens is 1. The number of carbonyl (C=O) groups is 3. The van der Waals surface area contributed by atoms with Gasteiger partial charge in [-0.3, -0.25) is 10.2 Å². The van der Waals surface area contributed by atoms with Crippen molar-refractivity contribution >= 4 is 23.7 Å². The molecule has 0 saturated carbocycles. The lowest BCUT2D eigenvalue weighted by molar-refractivity contribution is -0.757. The lowest BCUT2D eigenvalue weighted by atomic mass is 10.0. The second-order valence-electron chi connectivity index (χ2n) is 14.1. The molecule has 0 unspecified atom stereocenters. The lowest BCUT2D eigenvalue weighted by Crippen LogP contribution is -2.57. The van der Waals surface area contributed by atoms with Crippen molar-refractivity contribution in [2.24, 2.45) is 22.3 Å². The molecule has 0 fully saturated rings. The van der Waals surface area contributed by atoms with Crippen molar-refractivity contribution in [2.45, 2.75) is 193 Å². The van der Waals surface area contributed by atoms with E-state index in [2.05, 4.69) is 29.7 Å². The molecule has 8 N–H and O–H groups in total. The number of imide groups is 1. The summed E-state index contributed by atoms with van der Waals surface area (Å²) < 4.78 is -0.269. The first-order chi connectivity index (χ1) is 23.2. The molecule has 10 nitrogen and oxygen atoms in total. The number of guanidine groups is 1. The molecule has 0 aromatic heterocycles. The minimum atomic E-state index is -0.628. The Morgan fingerprint density at radius 3 is 1.38 bits per heavy atom. The summed E-state index contributed by atoms with van der Waals surface area (Å²) in [6, 6.07) is -0.628. The molecular weight excluding hydrogens is 602 g/mol. The van der Waals surface area contributed by atoms with Crippen molar-refractivity contribution in [3.05, 3.63) is 0 Å². The maximum atomic E-state index is 13.6. The highest BCUT2D eigenvalue weighted by atomic mass is 16.2. The minimum absolute atomic E-state index is 0.0497. The fraction of sp³-hybridized carbons (Fsp3) is 0.895. The first-order valence-electron chi connectivity index (χ1n) is 20.0. The highest BCUT2D eigenvalue weighted by molar-refractivity contribution is 5.85. The van der Waals surface area contributed by atoms with Gasteiger partial charge in [-0.05, 0) is 38.6 Å². The van der Waals surface area contributed by atoms with Crippen LogP contribution in [0.3, 0.4) is 0 Å². The number of nitrogens with one attached hydrogen (secondary N) is 2. The number of hydrogen-bond donors (Lipinski definition) is 5. The first kappa shape index (κ1) is 45.8. The molecule has 0 aromatic carbocycles. The quantitative estimate of drug-likeness (QED) is 0.0157. The highest BCUT2D eigenvalue weighted by Crippen LogP contribution is 2.18. The fourth-order valence-electron chi connectivity index (χ4n) is 6.19. The molecule has 0 aromatic rings. The van der Waals surface area contributed by atoms with Crippen LogP contribution in [0.25, 0.3) is 0 Å². The van der Waals surface area contributed by atoms with E-state index in [4.69, 9.17) is 17.2 Å². The summed E-state index contributed by atoms with van der Waals surface area (Å²) >= 11 is 0. The molecule has 0 aliphatic heterocycles. The van der Waals surface area contributed by atoms with E-state index < -0.39 is 6.04 Å². The summed E-state index contributed by atoms with van der Waals surface area (Å²) in [6.45, 7) is 5.47. The first-order valence-corrected chi connectivity index (χ1v) is 20.0. The Morgan fingerprint density at radius 1 is 0.604 bits per heavy atom. The molecule has 282 valence electrons. The van der Waals surface area contributed by atoms with Crippen LogP contribution in [0, 0.1) is 0 Å². The number of amides is 3. The van der Waals surface area contributed by atoms with Gasteiger partial charge < -0.3 is 22.5 Å². The van der Waals surface area contributed by atoms with Crippen molar-refractivity contribution in [3.8, 4) is 0 Å². The molecule has 48 heavy (non-hydrogen) atoms. The molecule has 0 aliphatic carbocycles. The third-order valence-corrected chi connectivity index (χ3v) is 9.56. The van der Waals surface area contributed by atoms with Crippen molar-refractivity contribution in [1.82, 2.24) is 10.7 Å². The molecule has 0 saturated heterocycles. The molecule has 3 amide bonds. The molecule has 0 spiro atoms. The van der Waals surface area contributed by atoms with E-state index >= 15 is 0 Å². The molecule has 0 heterocycles. The zero-order valence-electron chi connectivity index (χ0n) is 31.6. The predicted octanol–water partition coefficient (Wildman–Crippen LogP) is 7.28. The molecule has 1 atom stereocenters. The van der Waals surface area contributed by atoms with Crippen molar-refractivity contribution in [2.75, 3.05) is 26.7 Å². The van der Waals surface area contributed by atoms with Gasteiger partial charge in [0.15, 0.2) is 0 Å². The maximum absolute atomic E-state index is 13.6. The number of hydrogen-bond acceptors (Lipinski definition) is 6. The Labute approximate surface area is 295 Å². The largest absolute Gasteiger partial charge is 0.369 e. The summed E-state index contributed by atoms with van der Waals surface area (Å²) in [5.41, 5.74) is 19.3. The van der Waals surface area contributed by atoms with Crippen molar-refractivity contribution in [1.29, 1.82) is 0 Å². The van der Waals surface area contributed by atoms with Gasteiger partial charge in [0, 0.05) is 0 Å². The average molecular weight is 681 g/mol. The van der Waals surface area contributed by atoms with Gasteiger partial charge in [-0.2, -0.15) is 4.48 Å². The zero-order chi connectivity index (χ0) is 35.7. The van der Waals surface area contributed by atoms with E-state index in [1.165, 1.54) is 103 Å². The van der Waals surface area contributed by atoms with E-state index in [-0.39, 0.29) is 41.3 Å². The topological polar surface area (TPSA) is 166 Å². The van der Waals surface area contributed by atoms with Crippen LogP contribution in [0.4, 0.5) is 0 Å². The Bertz CT molecular complexity index is 795. The maximum Gasteiger partial charge on any atom is 0.320 e. The minimum Gasteiger partial charge on any atom is -0.369 e. The van der Waals surface area contributed by atoms with Gasteiger partial charge in [0.1, 0.15) is 12.6 Å². The third kappa shape index (κ3) is 24.9. The van der Waals surface area contributed by atoms with Crippen LogP contribution in [0.1, 0.15) is 187 Å². The van der Waals surface area contributed by atoms with E-state index in [1.54, 1.807) is 7.05 Å². The van der Waals surface area contributed by atoms with Gasteiger partial charge in [0.2, 0.25) is 11.9 Å². The summed E-state index contributed by atoms with van der Waals surface area (Å²) in [6.07, 6.45) is 29.5. The monoisotopic (exact) mass is 681 g/mol. The number of nitrogens with two attached hydrogens (primary N) is 3. The Kier molecular flexibility index (Phi) is 30.6. The van der Waals surface area contributed by atoms with Crippen LogP contribution in [0.15, 0.2) is 5.10 Å². The number of nitrogens with zero attached hydrogens (tertiary/aromatic N) is 2. The summed E-state index contributed by atoms with van der Waals surface area (Å²) in [7, 11) is 1.74. The van der Waals surface area contributed by atoms with E-state index in [0.29, 0.717) is 25.8 Å². The van der Waals surface area contributed by atoms with Gasteiger partial charge in [0.25, 0.3) is 0 Å². The zero-order valence-corrected chi connectivity index (χ0v) is 31.6. The number of carbonyl (C=O) groups excluding carboxylic acids is 3. The van der Waals surface area contributed by atoms with Crippen LogP contribution < -0.4 is 27.9 Å². The van der Waals surface area contributed by atoms with E-state index in [1.807, 2.05) is 0 Å². The van der Waals surface area contributed by atoms with Crippen molar-refractivity contribution in [3.63, 3.8) is 0 Å². The average Bonchev–Trinajstić information content (AvgIpc) is 3.07. The highest BCUT2D eigenvalue weighted by Gasteiger charge is 2.38. The van der Waals surface area contributed by atoms with Gasteiger partial charge in [-0.25, -0.2) is 9.59 Å². The lowest BCUT2D eigenvalue weighted by Gasteiger charge is -2.29. The molecular formula is C38H78N7O3+. The predicted molar refractivity (Wildman–Crippen MR) is 202 cm³/mol. The standard InChI is InChI=1S/C38H77N7O3/c1-4-6-8-10-12-14-16-18-20-22-24-29-35(46)45(3,36(47)30-25-23-21-19-17-15-13-11-9-7-5-2)33-32-42-37(48)34(28-26-27-31-39)43-44-38(40)41/h34,43H,4-33,39H2,1-3H3,(H4-,40,41,42,44,48)/p+1/t34-/m0/s1. The third-order valence-electron chi connectivity index (χ3n) is 9.56. The number of rotatable bonds is 34.